The Balaban J connectivity index is 2.27. The minimum absolute atomic E-state index is 0.0310. The van der Waals surface area contributed by atoms with Crippen molar-refractivity contribution in [2.75, 3.05) is 13.1 Å². The second kappa shape index (κ2) is 7.28. The molecule has 146 valence electrons. The van der Waals surface area contributed by atoms with Gasteiger partial charge >= 0.3 is 6.09 Å². The van der Waals surface area contributed by atoms with Gasteiger partial charge in [-0.1, -0.05) is 6.07 Å². The molecule has 1 aromatic rings. The van der Waals surface area contributed by atoms with Crippen LogP contribution in [0.3, 0.4) is 0 Å². The number of amides is 1. The van der Waals surface area contributed by atoms with Crippen molar-refractivity contribution in [3.63, 3.8) is 0 Å². The molecular weight excluding hydrogens is 356 g/mol. The number of likely N-dealkylation sites (tertiary alicyclic amines) is 1. The summed E-state index contributed by atoms with van der Waals surface area (Å²) in [5.41, 5.74) is -1.43. The lowest BCUT2D eigenvalue weighted by atomic mass is 9.88. The molecule has 2 heterocycles. The number of alkyl halides is 4. The molecule has 1 saturated heterocycles. The number of ether oxygens (including phenoxy) is 1. The molecule has 2 rings (SSSR count). The van der Waals surface area contributed by atoms with Crippen molar-refractivity contribution in [2.45, 2.75) is 57.6 Å². The van der Waals surface area contributed by atoms with E-state index in [-0.39, 0.29) is 18.7 Å². The highest BCUT2D eigenvalue weighted by Gasteiger charge is 2.46. The SMILES string of the molecule is CC(C)(C)OC(=O)N1CCC(F)(F)C(c2ccc(=O)n(CC(F)F)c2)C1. The van der Waals surface area contributed by atoms with E-state index in [0.717, 1.165) is 12.3 Å². The van der Waals surface area contributed by atoms with E-state index >= 15 is 0 Å². The van der Waals surface area contributed by atoms with Crippen LogP contribution in [0.1, 0.15) is 38.7 Å². The van der Waals surface area contributed by atoms with E-state index < -0.39 is 48.5 Å². The van der Waals surface area contributed by atoms with Crippen LogP contribution in [0.4, 0.5) is 22.4 Å². The Hall–Kier alpha value is -2.06. The van der Waals surface area contributed by atoms with Crippen molar-refractivity contribution in [1.29, 1.82) is 0 Å². The van der Waals surface area contributed by atoms with Crippen LogP contribution >= 0.6 is 0 Å². The second-order valence-electron chi connectivity index (χ2n) is 7.33. The first-order chi connectivity index (χ1) is 11.9. The van der Waals surface area contributed by atoms with Gasteiger partial charge in [-0.15, -0.1) is 0 Å². The Morgan fingerprint density at radius 1 is 1.35 bits per heavy atom. The van der Waals surface area contributed by atoms with E-state index in [1.807, 2.05) is 0 Å². The van der Waals surface area contributed by atoms with Gasteiger partial charge in [0.15, 0.2) is 0 Å². The van der Waals surface area contributed by atoms with Gasteiger partial charge in [0, 0.05) is 31.8 Å². The molecule has 26 heavy (non-hydrogen) atoms. The summed E-state index contributed by atoms with van der Waals surface area (Å²) in [7, 11) is 0. The summed E-state index contributed by atoms with van der Waals surface area (Å²) in [5.74, 6) is -4.54. The number of hydrogen-bond donors (Lipinski definition) is 0. The maximum Gasteiger partial charge on any atom is 0.410 e. The lowest BCUT2D eigenvalue weighted by molar-refractivity contribution is -0.0772. The van der Waals surface area contributed by atoms with Crippen molar-refractivity contribution >= 4 is 6.09 Å². The van der Waals surface area contributed by atoms with Gasteiger partial charge in [0.05, 0.1) is 12.5 Å². The number of pyridine rings is 1. The standard InChI is InChI=1S/C17H22F4N2O3/c1-16(2,3)26-15(25)22-7-6-17(20,21)12(9-22)11-4-5-14(24)23(8-11)10-13(18)19/h4-5,8,12-13H,6-7,9-10H2,1-3H3. The van der Waals surface area contributed by atoms with Crippen LogP contribution < -0.4 is 5.56 Å². The van der Waals surface area contributed by atoms with Gasteiger partial charge in [-0.25, -0.2) is 22.4 Å². The van der Waals surface area contributed by atoms with Crippen LogP contribution in [0.2, 0.25) is 0 Å². The molecule has 0 bridgehead atoms. The van der Waals surface area contributed by atoms with E-state index in [4.69, 9.17) is 4.74 Å². The average Bonchev–Trinajstić information content (AvgIpc) is 2.47. The van der Waals surface area contributed by atoms with Gasteiger partial charge in [0.2, 0.25) is 0 Å². The third-order valence-electron chi connectivity index (χ3n) is 4.02. The number of aromatic nitrogens is 1. The lowest BCUT2D eigenvalue weighted by Gasteiger charge is -2.39. The number of carbonyl (C=O) groups excluding carboxylic acids is 1. The topological polar surface area (TPSA) is 51.5 Å². The Morgan fingerprint density at radius 2 is 2.00 bits per heavy atom. The summed E-state index contributed by atoms with van der Waals surface area (Å²) < 4.78 is 59.9. The Kier molecular flexibility index (Phi) is 5.67. The van der Waals surface area contributed by atoms with Crippen molar-refractivity contribution in [3.05, 3.63) is 34.2 Å². The monoisotopic (exact) mass is 378 g/mol. The van der Waals surface area contributed by atoms with E-state index in [1.54, 1.807) is 20.8 Å². The quantitative estimate of drug-likeness (QED) is 0.757. The number of hydrogen-bond acceptors (Lipinski definition) is 3. The Morgan fingerprint density at radius 3 is 2.58 bits per heavy atom. The van der Waals surface area contributed by atoms with E-state index in [9.17, 15) is 27.2 Å². The predicted molar refractivity (Wildman–Crippen MR) is 86.8 cm³/mol. The van der Waals surface area contributed by atoms with Gasteiger partial charge in [0.25, 0.3) is 17.9 Å². The smallest absolute Gasteiger partial charge is 0.410 e. The number of piperidine rings is 1. The van der Waals surface area contributed by atoms with Crippen LogP contribution in [0.5, 0.6) is 0 Å². The molecule has 1 amide bonds. The van der Waals surface area contributed by atoms with Crippen LogP contribution in [-0.4, -0.2) is 46.6 Å². The second-order valence-corrected chi connectivity index (χ2v) is 7.33. The summed E-state index contributed by atoms with van der Waals surface area (Å²) in [6.45, 7) is 3.63. The molecule has 0 N–H and O–H groups in total. The first-order valence-corrected chi connectivity index (χ1v) is 8.23. The minimum atomic E-state index is -3.13. The highest BCUT2D eigenvalue weighted by molar-refractivity contribution is 5.68. The molecule has 1 aromatic heterocycles. The Bertz CT molecular complexity index is 713. The molecule has 0 aliphatic carbocycles. The van der Waals surface area contributed by atoms with Crippen molar-refractivity contribution in [1.82, 2.24) is 9.47 Å². The summed E-state index contributed by atoms with van der Waals surface area (Å²) >= 11 is 0. The zero-order valence-electron chi connectivity index (χ0n) is 14.8. The Labute approximate surface area is 148 Å². The summed E-state index contributed by atoms with van der Waals surface area (Å²) in [6, 6.07) is 2.18. The molecule has 1 aliphatic heterocycles. The van der Waals surface area contributed by atoms with Crippen molar-refractivity contribution < 1.29 is 27.1 Å². The molecule has 0 aromatic carbocycles. The number of nitrogens with zero attached hydrogens (tertiary/aromatic N) is 2. The van der Waals surface area contributed by atoms with Gasteiger partial charge in [0.1, 0.15) is 5.60 Å². The first-order valence-electron chi connectivity index (χ1n) is 8.23. The molecule has 9 heteroatoms. The molecule has 0 radical (unpaired) electrons. The van der Waals surface area contributed by atoms with Gasteiger partial charge in [-0.05, 0) is 26.3 Å². The van der Waals surface area contributed by atoms with Crippen LogP contribution in [0.25, 0.3) is 0 Å². The van der Waals surface area contributed by atoms with Crippen LogP contribution in [0, 0.1) is 0 Å². The average molecular weight is 378 g/mol. The van der Waals surface area contributed by atoms with E-state index in [1.165, 1.54) is 11.0 Å². The summed E-state index contributed by atoms with van der Waals surface area (Å²) in [4.78, 5) is 25.0. The van der Waals surface area contributed by atoms with Crippen molar-refractivity contribution in [3.8, 4) is 0 Å². The molecule has 5 nitrogen and oxygen atoms in total. The maximum absolute atomic E-state index is 14.4. The minimum Gasteiger partial charge on any atom is -0.444 e. The molecule has 0 spiro atoms. The maximum atomic E-state index is 14.4. The number of halogens is 4. The van der Waals surface area contributed by atoms with E-state index in [2.05, 4.69) is 0 Å². The molecular formula is C17H22F4N2O3. The van der Waals surface area contributed by atoms with Gasteiger partial charge in [-0.2, -0.15) is 0 Å². The number of carbonyl (C=O) groups is 1. The van der Waals surface area contributed by atoms with Crippen LogP contribution in [0.15, 0.2) is 23.1 Å². The number of rotatable bonds is 3. The molecule has 1 unspecified atom stereocenters. The summed E-state index contributed by atoms with van der Waals surface area (Å²) in [6.07, 6.45) is -3.05. The zero-order chi connectivity index (χ0) is 19.7. The third-order valence-corrected chi connectivity index (χ3v) is 4.02. The lowest BCUT2D eigenvalue weighted by Crippen LogP contribution is -2.49. The van der Waals surface area contributed by atoms with Gasteiger partial charge < -0.3 is 14.2 Å². The first kappa shape index (κ1) is 20.3. The highest BCUT2D eigenvalue weighted by atomic mass is 19.3. The van der Waals surface area contributed by atoms with Crippen molar-refractivity contribution in [2.24, 2.45) is 0 Å². The van der Waals surface area contributed by atoms with E-state index in [0.29, 0.717) is 4.57 Å². The normalized spacial score (nSPS) is 20.3. The van der Waals surface area contributed by atoms with Crippen LogP contribution in [-0.2, 0) is 11.3 Å². The molecule has 0 saturated carbocycles. The summed E-state index contributed by atoms with van der Waals surface area (Å²) in [5, 5.41) is 0. The fourth-order valence-electron chi connectivity index (χ4n) is 2.79. The molecule has 1 atom stereocenters. The fraction of sp³-hybridized carbons (Fsp3) is 0.647. The molecule has 1 aliphatic rings. The molecule has 1 fully saturated rings. The largest absolute Gasteiger partial charge is 0.444 e. The third kappa shape index (κ3) is 4.98. The fourth-order valence-corrected chi connectivity index (χ4v) is 2.79. The zero-order valence-corrected chi connectivity index (χ0v) is 14.8. The van der Waals surface area contributed by atoms with Gasteiger partial charge in [-0.3, -0.25) is 4.79 Å². The predicted octanol–water partition coefficient (Wildman–Crippen LogP) is 3.47. The highest BCUT2D eigenvalue weighted by Crippen LogP contribution is 2.40.